The Bertz CT molecular complexity index is 358. The van der Waals surface area contributed by atoms with E-state index in [1.165, 1.54) is 16.7 Å². The molecule has 0 amide bonds. The van der Waals surface area contributed by atoms with E-state index in [1.807, 2.05) is 0 Å². The van der Waals surface area contributed by atoms with E-state index < -0.39 is 0 Å². The molecule has 0 heterocycles. The van der Waals surface area contributed by atoms with Crippen LogP contribution in [-0.2, 0) is 0 Å². The van der Waals surface area contributed by atoms with Gasteiger partial charge in [0.2, 0.25) is 0 Å². The van der Waals surface area contributed by atoms with Crippen LogP contribution in [0.15, 0.2) is 12.1 Å². The fourth-order valence-electron chi connectivity index (χ4n) is 1.96. The molecule has 1 aromatic carbocycles. The van der Waals surface area contributed by atoms with Gasteiger partial charge in [-0.2, -0.15) is 0 Å². The molecule has 0 radical (unpaired) electrons. The molecule has 0 fully saturated rings. The quantitative estimate of drug-likeness (QED) is 0.847. The minimum Gasteiger partial charge on any atom is -0.496 e. The van der Waals surface area contributed by atoms with Crippen LogP contribution in [0.25, 0.3) is 0 Å². The summed E-state index contributed by atoms with van der Waals surface area (Å²) in [7, 11) is 1.74. The second kappa shape index (κ2) is 5.35. The summed E-state index contributed by atoms with van der Waals surface area (Å²) in [5.74, 6) is 1.89. The second-order valence-electron chi connectivity index (χ2n) is 4.75. The largest absolute Gasteiger partial charge is 0.496 e. The average molecular weight is 221 g/mol. The van der Waals surface area contributed by atoms with Crippen LogP contribution in [0.5, 0.6) is 5.75 Å². The van der Waals surface area contributed by atoms with Gasteiger partial charge in [0.1, 0.15) is 5.75 Å². The first kappa shape index (κ1) is 13.0. The Morgan fingerprint density at radius 2 is 1.88 bits per heavy atom. The lowest BCUT2D eigenvalue weighted by Crippen LogP contribution is -2.10. The number of hydrogen-bond donors (Lipinski definition) is 1. The van der Waals surface area contributed by atoms with Gasteiger partial charge in [0.05, 0.1) is 7.11 Å². The monoisotopic (exact) mass is 221 g/mol. The van der Waals surface area contributed by atoms with Crippen LogP contribution in [0.1, 0.15) is 49.3 Å². The Balaban J connectivity index is 3.28. The highest BCUT2D eigenvalue weighted by atomic mass is 16.5. The van der Waals surface area contributed by atoms with Gasteiger partial charge in [-0.25, -0.2) is 0 Å². The molecule has 0 bridgehead atoms. The summed E-state index contributed by atoms with van der Waals surface area (Å²) in [6, 6.07) is 4.41. The molecule has 90 valence electrons. The Kier molecular flexibility index (Phi) is 4.36. The van der Waals surface area contributed by atoms with Gasteiger partial charge >= 0.3 is 0 Å². The van der Waals surface area contributed by atoms with Crippen molar-refractivity contribution in [3.63, 3.8) is 0 Å². The highest BCUT2D eigenvalue weighted by Gasteiger charge is 2.14. The van der Waals surface area contributed by atoms with Crippen LogP contribution in [0.2, 0.25) is 0 Å². The maximum absolute atomic E-state index is 5.72. The minimum atomic E-state index is 0.405. The van der Waals surface area contributed by atoms with Crippen LogP contribution in [0.4, 0.5) is 0 Å². The predicted octanol–water partition coefficient (Wildman–Crippen LogP) is 3.19. The van der Waals surface area contributed by atoms with Crippen LogP contribution in [0, 0.1) is 6.92 Å². The maximum atomic E-state index is 5.72. The number of nitrogens with two attached hydrogens (primary N) is 1. The van der Waals surface area contributed by atoms with E-state index in [4.69, 9.17) is 10.5 Å². The van der Waals surface area contributed by atoms with Gasteiger partial charge < -0.3 is 10.5 Å². The van der Waals surface area contributed by atoms with Gasteiger partial charge in [0, 0.05) is 0 Å². The van der Waals surface area contributed by atoms with E-state index >= 15 is 0 Å². The molecule has 0 aliphatic carbocycles. The van der Waals surface area contributed by atoms with Gasteiger partial charge in [-0.15, -0.1) is 0 Å². The normalized spacial score (nSPS) is 12.9. The molecule has 1 aromatic rings. The summed E-state index contributed by atoms with van der Waals surface area (Å²) in [4.78, 5) is 0. The van der Waals surface area contributed by atoms with Gasteiger partial charge in [-0.3, -0.25) is 0 Å². The van der Waals surface area contributed by atoms with Gasteiger partial charge in [-0.05, 0) is 42.0 Å². The number of hydrogen-bond acceptors (Lipinski definition) is 2. The summed E-state index contributed by atoms with van der Waals surface area (Å²) in [5, 5.41) is 0. The van der Waals surface area contributed by atoms with Crippen LogP contribution >= 0.6 is 0 Å². The molecule has 1 rings (SSSR count). The number of methoxy groups -OCH3 is 1. The third kappa shape index (κ3) is 2.56. The molecule has 1 atom stereocenters. The summed E-state index contributed by atoms with van der Waals surface area (Å²) in [6.07, 6.45) is 0. The fraction of sp³-hybridized carbons (Fsp3) is 0.571. The number of aryl methyl sites for hydroxylation is 1. The molecular formula is C14H23NO. The first-order valence-corrected chi connectivity index (χ1v) is 5.89. The number of ether oxygens (including phenoxy) is 1. The lowest BCUT2D eigenvalue weighted by atomic mass is 9.91. The maximum Gasteiger partial charge on any atom is 0.125 e. The second-order valence-corrected chi connectivity index (χ2v) is 4.75. The van der Waals surface area contributed by atoms with Crippen molar-refractivity contribution in [3.8, 4) is 5.75 Å². The molecule has 2 N–H and O–H groups in total. The molecule has 0 spiro atoms. The third-order valence-electron chi connectivity index (χ3n) is 3.07. The van der Waals surface area contributed by atoms with E-state index in [2.05, 4.69) is 39.8 Å². The molecule has 0 aromatic heterocycles. The highest BCUT2D eigenvalue weighted by Crippen LogP contribution is 2.33. The Hall–Kier alpha value is -1.02. The molecular weight excluding hydrogens is 198 g/mol. The van der Waals surface area contributed by atoms with Crippen molar-refractivity contribution in [3.05, 3.63) is 28.8 Å². The Labute approximate surface area is 98.8 Å². The fourth-order valence-corrected chi connectivity index (χ4v) is 1.96. The van der Waals surface area contributed by atoms with Crippen molar-refractivity contribution in [2.45, 2.75) is 39.5 Å². The summed E-state index contributed by atoms with van der Waals surface area (Å²) in [6.45, 7) is 9.31. The summed E-state index contributed by atoms with van der Waals surface area (Å²) < 4.78 is 5.47. The van der Waals surface area contributed by atoms with Crippen molar-refractivity contribution >= 4 is 0 Å². The van der Waals surface area contributed by atoms with E-state index in [0.717, 1.165) is 5.75 Å². The lowest BCUT2D eigenvalue weighted by molar-refractivity contribution is 0.404. The van der Waals surface area contributed by atoms with Crippen LogP contribution in [0.3, 0.4) is 0 Å². The van der Waals surface area contributed by atoms with Crippen molar-refractivity contribution < 1.29 is 4.74 Å². The molecule has 0 aliphatic rings. The van der Waals surface area contributed by atoms with Crippen molar-refractivity contribution in [2.75, 3.05) is 13.7 Å². The Morgan fingerprint density at radius 1 is 1.25 bits per heavy atom. The molecule has 0 saturated carbocycles. The van der Waals surface area contributed by atoms with Crippen LogP contribution in [-0.4, -0.2) is 13.7 Å². The van der Waals surface area contributed by atoms with Crippen molar-refractivity contribution in [2.24, 2.45) is 5.73 Å². The molecule has 2 nitrogen and oxygen atoms in total. The Morgan fingerprint density at radius 3 is 2.31 bits per heavy atom. The van der Waals surface area contributed by atoms with Gasteiger partial charge in [-0.1, -0.05) is 32.9 Å². The van der Waals surface area contributed by atoms with Gasteiger partial charge in [0.15, 0.2) is 0 Å². The molecule has 1 unspecified atom stereocenters. The lowest BCUT2D eigenvalue weighted by Gasteiger charge is -2.18. The zero-order valence-electron chi connectivity index (χ0n) is 11.0. The number of benzene rings is 1. The van der Waals surface area contributed by atoms with Crippen molar-refractivity contribution in [1.82, 2.24) is 0 Å². The van der Waals surface area contributed by atoms with Gasteiger partial charge in [0.25, 0.3) is 0 Å². The van der Waals surface area contributed by atoms with Crippen LogP contribution < -0.4 is 10.5 Å². The first-order valence-electron chi connectivity index (χ1n) is 5.89. The number of rotatable bonds is 4. The van der Waals surface area contributed by atoms with E-state index in [9.17, 15) is 0 Å². The zero-order chi connectivity index (χ0) is 12.3. The SMILES string of the molecule is COc1c(C)cc(C(C)CN)cc1C(C)C. The minimum absolute atomic E-state index is 0.405. The summed E-state index contributed by atoms with van der Waals surface area (Å²) >= 11 is 0. The smallest absolute Gasteiger partial charge is 0.125 e. The average Bonchev–Trinajstić information content (AvgIpc) is 2.26. The standard InChI is InChI=1S/C14H23NO/c1-9(2)13-7-12(11(4)8-15)6-10(3)14(13)16-5/h6-7,9,11H,8,15H2,1-5H3. The van der Waals surface area contributed by atoms with Crippen molar-refractivity contribution in [1.29, 1.82) is 0 Å². The third-order valence-corrected chi connectivity index (χ3v) is 3.07. The predicted molar refractivity (Wildman–Crippen MR) is 69.3 cm³/mol. The van der Waals surface area contributed by atoms with E-state index in [0.29, 0.717) is 18.4 Å². The molecule has 0 saturated heterocycles. The van der Waals surface area contributed by atoms with E-state index in [-0.39, 0.29) is 0 Å². The molecule has 16 heavy (non-hydrogen) atoms. The highest BCUT2D eigenvalue weighted by molar-refractivity contribution is 5.46. The first-order chi connectivity index (χ1) is 7.51. The topological polar surface area (TPSA) is 35.2 Å². The van der Waals surface area contributed by atoms with E-state index in [1.54, 1.807) is 7.11 Å². The molecule has 2 heteroatoms. The zero-order valence-corrected chi connectivity index (χ0v) is 11.0. The molecule has 0 aliphatic heterocycles. The summed E-state index contributed by atoms with van der Waals surface area (Å²) in [5.41, 5.74) is 9.50.